The Labute approximate surface area is 115 Å². The lowest BCUT2D eigenvalue weighted by molar-refractivity contribution is -0.117. The molecular weight excluding hydrogens is 234 g/mol. The van der Waals surface area contributed by atoms with Gasteiger partial charge in [-0.25, -0.2) is 0 Å². The van der Waals surface area contributed by atoms with Gasteiger partial charge in [-0.05, 0) is 74.1 Å². The minimum Gasteiger partial charge on any atom is -0.326 e. The third-order valence-corrected chi connectivity index (χ3v) is 4.84. The van der Waals surface area contributed by atoms with Gasteiger partial charge in [0.2, 0.25) is 5.91 Å². The molecule has 2 fully saturated rings. The molecule has 3 rings (SSSR count). The number of amides is 1. The number of aryl methyl sites for hydroxylation is 2. The monoisotopic (exact) mass is 257 g/mol. The van der Waals surface area contributed by atoms with Crippen molar-refractivity contribution in [2.75, 3.05) is 5.32 Å². The molecule has 1 aromatic carbocycles. The zero-order valence-corrected chi connectivity index (χ0v) is 11.9. The second kappa shape index (κ2) is 4.99. The van der Waals surface area contributed by atoms with Gasteiger partial charge in [0.15, 0.2) is 0 Å². The van der Waals surface area contributed by atoms with Gasteiger partial charge >= 0.3 is 0 Å². The van der Waals surface area contributed by atoms with Gasteiger partial charge in [-0.3, -0.25) is 4.79 Å². The van der Waals surface area contributed by atoms with Crippen LogP contribution < -0.4 is 5.32 Å². The number of nitrogens with one attached hydrogen (secondary N) is 1. The molecule has 1 aromatic rings. The van der Waals surface area contributed by atoms with E-state index in [2.05, 4.69) is 25.2 Å². The Balaban J connectivity index is 1.59. The van der Waals surface area contributed by atoms with Gasteiger partial charge in [-0.15, -0.1) is 0 Å². The molecule has 0 saturated heterocycles. The molecular formula is C17H23NO. The molecule has 2 aliphatic rings. The highest BCUT2D eigenvalue weighted by molar-refractivity contribution is 5.91. The fraction of sp³-hybridized carbons (Fsp3) is 0.588. The zero-order chi connectivity index (χ0) is 13.4. The van der Waals surface area contributed by atoms with E-state index in [-0.39, 0.29) is 5.91 Å². The second-order valence-electron chi connectivity index (χ2n) is 6.56. The molecule has 3 atom stereocenters. The first kappa shape index (κ1) is 12.7. The van der Waals surface area contributed by atoms with Crippen molar-refractivity contribution in [2.45, 2.75) is 46.0 Å². The molecule has 0 heterocycles. The van der Waals surface area contributed by atoms with E-state index in [1.807, 2.05) is 12.1 Å². The first-order valence-electron chi connectivity index (χ1n) is 7.48. The molecule has 0 aromatic heterocycles. The minimum absolute atomic E-state index is 0.197. The Morgan fingerprint density at radius 2 is 1.89 bits per heavy atom. The highest BCUT2D eigenvalue weighted by atomic mass is 16.1. The summed E-state index contributed by atoms with van der Waals surface area (Å²) in [6, 6.07) is 6.23. The molecule has 2 aliphatic carbocycles. The Bertz CT molecular complexity index is 474. The second-order valence-corrected chi connectivity index (χ2v) is 6.56. The average Bonchev–Trinajstić information content (AvgIpc) is 2.88. The molecule has 0 aliphatic heterocycles. The van der Waals surface area contributed by atoms with Crippen molar-refractivity contribution in [3.05, 3.63) is 29.3 Å². The summed E-state index contributed by atoms with van der Waals surface area (Å²) in [6.45, 7) is 4.14. The lowest BCUT2D eigenvalue weighted by atomic mass is 9.86. The van der Waals surface area contributed by atoms with E-state index in [1.54, 1.807) is 0 Å². The number of fused-ring (bicyclic) bond motifs is 2. The van der Waals surface area contributed by atoms with Crippen LogP contribution in [0, 0.1) is 31.6 Å². The summed E-state index contributed by atoms with van der Waals surface area (Å²) in [5, 5.41) is 3.07. The van der Waals surface area contributed by atoms with Crippen molar-refractivity contribution in [1.29, 1.82) is 0 Å². The summed E-state index contributed by atoms with van der Waals surface area (Å²) in [4.78, 5) is 12.2. The Hall–Kier alpha value is -1.31. The average molecular weight is 257 g/mol. The van der Waals surface area contributed by atoms with Crippen LogP contribution in [0.1, 0.15) is 43.2 Å². The topological polar surface area (TPSA) is 29.1 Å². The van der Waals surface area contributed by atoms with E-state index >= 15 is 0 Å². The molecule has 2 saturated carbocycles. The molecule has 2 nitrogen and oxygen atoms in total. The van der Waals surface area contributed by atoms with Crippen LogP contribution in [0.5, 0.6) is 0 Å². The number of rotatable bonds is 3. The molecule has 102 valence electrons. The molecule has 2 bridgehead atoms. The summed E-state index contributed by atoms with van der Waals surface area (Å²) in [5.41, 5.74) is 3.36. The van der Waals surface area contributed by atoms with Gasteiger partial charge in [-0.2, -0.15) is 0 Å². The normalized spacial score (nSPS) is 28.6. The fourth-order valence-electron chi connectivity index (χ4n) is 4.12. The number of carbonyl (C=O) groups excluding carboxylic acids is 1. The smallest absolute Gasteiger partial charge is 0.224 e. The van der Waals surface area contributed by atoms with Crippen LogP contribution in [0.25, 0.3) is 0 Å². The molecule has 0 spiro atoms. The van der Waals surface area contributed by atoms with Crippen LogP contribution in [0.15, 0.2) is 18.2 Å². The van der Waals surface area contributed by atoms with Crippen molar-refractivity contribution in [1.82, 2.24) is 0 Å². The van der Waals surface area contributed by atoms with E-state index < -0.39 is 0 Å². The quantitative estimate of drug-likeness (QED) is 0.869. The van der Waals surface area contributed by atoms with Crippen molar-refractivity contribution in [2.24, 2.45) is 17.8 Å². The molecule has 19 heavy (non-hydrogen) atoms. The van der Waals surface area contributed by atoms with Crippen LogP contribution in [0.4, 0.5) is 5.69 Å². The summed E-state index contributed by atoms with van der Waals surface area (Å²) in [6.07, 6.45) is 6.13. The summed E-state index contributed by atoms with van der Waals surface area (Å²) >= 11 is 0. The first-order valence-corrected chi connectivity index (χ1v) is 7.48. The van der Waals surface area contributed by atoms with Gasteiger partial charge < -0.3 is 5.32 Å². The van der Waals surface area contributed by atoms with Crippen LogP contribution in [-0.4, -0.2) is 5.91 Å². The summed E-state index contributed by atoms with van der Waals surface area (Å²) in [7, 11) is 0. The van der Waals surface area contributed by atoms with E-state index in [1.165, 1.54) is 36.8 Å². The van der Waals surface area contributed by atoms with E-state index in [9.17, 15) is 4.79 Å². The molecule has 2 heteroatoms. The predicted molar refractivity (Wildman–Crippen MR) is 78.1 cm³/mol. The van der Waals surface area contributed by atoms with Crippen LogP contribution in [0.2, 0.25) is 0 Å². The highest BCUT2D eigenvalue weighted by Crippen LogP contribution is 2.49. The standard InChI is InChI=1S/C17H23NO/c1-11-5-12(2)7-16(6-11)18-17(19)10-15-9-13-3-4-14(15)8-13/h5-7,13-15H,3-4,8-10H2,1-2H3,(H,18,19)/t13-,14-,15+/m1/s1. The van der Waals surface area contributed by atoms with Crippen molar-refractivity contribution in [3.63, 3.8) is 0 Å². The van der Waals surface area contributed by atoms with Gasteiger partial charge in [0.05, 0.1) is 0 Å². The highest BCUT2D eigenvalue weighted by Gasteiger charge is 2.40. The maximum Gasteiger partial charge on any atom is 0.224 e. The zero-order valence-electron chi connectivity index (χ0n) is 11.9. The lowest BCUT2D eigenvalue weighted by Crippen LogP contribution is -2.20. The number of hydrogen-bond acceptors (Lipinski definition) is 1. The number of carbonyl (C=O) groups is 1. The van der Waals surface area contributed by atoms with Gasteiger partial charge in [0, 0.05) is 12.1 Å². The maximum atomic E-state index is 12.2. The maximum absolute atomic E-state index is 12.2. The number of benzene rings is 1. The fourth-order valence-corrected chi connectivity index (χ4v) is 4.12. The van der Waals surface area contributed by atoms with E-state index in [4.69, 9.17) is 0 Å². The number of anilines is 1. The van der Waals surface area contributed by atoms with Crippen LogP contribution in [0.3, 0.4) is 0 Å². The van der Waals surface area contributed by atoms with Crippen LogP contribution >= 0.6 is 0 Å². The van der Waals surface area contributed by atoms with Crippen LogP contribution in [-0.2, 0) is 4.79 Å². The number of hydrogen-bond donors (Lipinski definition) is 1. The molecule has 1 amide bonds. The minimum atomic E-state index is 0.197. The largest absolute Gasteiger partial charge is 0.326 e. The molecule has 1 N–H and O–H groups in total. The SMILES string of the molecule is Cc1cc(C)cc(NC(=O)C[C@@H]2C[C@@H]3CC[C@@H]2C3)c1. The van der Waals surface area contributed by atoms with Crippen molar-refractivity contribution in [3.8, 4) is 0 Å². The van der Waals surface area contributed by atoms with Crippen molar-refractivity contribution < 1.29 is 4.79 Å². The summed E-state index contributed by atoms with van der Waals surface area (Å²) in [5.74, 6) is 2.59. The van der Waals surface area contributed by atoms with Crippen molar-refractivity contribution >= 4 is 11.6 Å². The van der Waals surface area contributed by atoms with E-state index in [0.29, 0.717) is 12.3 Å². The third-order valence-electron chi connectivity index (χ3n) is 4.84. The van der Waals surface area contributed by atoms with Gasteiger partial charge in [0.25, 0.3) is 0 Å². The Morgan fingerprint density at radius 3 is 2.47 bits per heavy atom. The Morgan fingerprint density at radius 1 is 1.16 bits per heavy atom. The van der Waals surface area contributed by atoms with Gasteiger partial charge in [0.1, 0.15) is 0 Å². The molecule has 0 radical (unpaired) electrons. The Kier molecular flexibility index (Phi) is 3.34. The first-order chi connectivity index (χ1) is 9.10. The predicted octanol–water partition coefficient (Wildman–Crippen LogP) is 4.07. The summed E-state index contributed by atoms with van der Waals surface area (Å²) < 4.78 is 0. The lowest BCUT2D eigenvalue weighted by Gasteiger charge is -2.21. The third kappa shape index (κ3) is 2.83. The molecule has 0 unspecified atom stereocenters. The van der Waals surface area contributed by atoms with E-state index in [0.717, 1.165) is 17.5 Å². The van der Waals surface area contributed by atoms with Gasteiger partial charge in [-0.1, -0.05) is 12.5 Å².